The Morgan fingerprint density at radius 1 is 0.757 bits per heavy atom. The Morgan fingerprint density at radius 3 is 2.30 bits per heavy atom. The Bertz CT molecular complexity index is 1680. The number of fused-ring (bicyclic) bond motifs is 1. The second-order valence-corrected chi connectivity index (χ2v) is 8.84. The van der Waals surface area contributed by atoms with Gasteiger partial charge in [-0.1, -0.05) is 77.9 Å². The first-order valence-corrected chi connectivity index (χ1v) is 11.9. The second-order valence-electron chi connectivity index (χ2n) is 8.84. The maximum atomic E-state index is 11.2. The van der Waals surface area contributed by atoms with Crippen molar-refractivity contribution in [3.8, 4) is 39.5 Å². The number of benzene rings is 4. The van der Waals surface area contributed by atoms with Gasteiger partial charge in [-0.25, -0.2) is 4.98 Å². The first kappa shape index (κ1) is 24.7. The average molecular weight is 662 g/mol. The van der Waals surface area contributed by atoms with Gasteiger partial charge in [-0.3, -0.25) is 4.98 Å². The molecule has 0 amide bonds. The van der Waals surface area contributed by atoms with Crippen molar-refractivity contribution in [1.82, 2.24) is 14.5 Å². The number of aromatic hydroxyl groups is 1. The van der Waals surface area contributed by atoms with E-state index in [4.69, 9.17) is 4.98 Å². The summed E-state index contributed by atoms with van der Waals surface area (Å²) in [6.45, 7) is 0. The number of aromatic nitrogens is 3. The molecular formula is C32H24N3OPt-. The summed E-state index contributed by atoms with van der Waals surface area (Å²) in [5, 5.41) is 11.2. The molecule has 0 saturated carbocycles. The third kappa shape index (κ3) is 4.73. The van der Waals surface area contributed by atoms with E-state index >= 15 is 0 Å². The van der Waals surface area contributed by atoms with Gasteiger partial charge < -0.3 is 9.67 Å². The van der Waals surface area contributed by atoms with Gasteiger partial charge in [-0.2, -0.15) is 0 Å². The van der Waals surface area contributed by atoms with E-state index in [-0.39, 0.29) is 26.8 Å². The van der Waals surface area contributed by atoms with Gasteiger partial charge in [0.2, 0.25) is 0 Å². The van der Waals surface area contributed by atoms with E-state index in [9.17, 15) is 5.11 Å². The van der Waals surface area contributed by atoms with Crippen molar-refractivity contribution < 1.29 is 26.2 Å². The minimum Gasteiger partial charge on any atom is -0.507 e. The van der Waals surface area contributed by atoms with E-state index in [2.05, 4.69) is 35.3 Å². The number of phenols is 1. The smallest absolute Gasteiger partial charge is 0.143 e. The predicted molar refractivity (Wildman–Crippen MR) is 145 cm³/mol. The zero-order valence-corrected chi connectivity index (χ0v) is 22.5. The van der Waals surface area contributed by atoms with Crippen LogP contribution in [0, 0.1) is 6.07 Å². The molecule has 0 aliphatic rings. The summed E-state index contributed by atoms with van der Waals surface area (Å²) >= 11 is 0. The van der Waals surface area contributed by atoms with Gasteiger partial charge in [0.1, 0.15) is 11.6 Å². The van der Waals surface area contributed by atoms with Crippen molar-refractivity contribution in [3.05, 3.63) is 127 Å². The van der Waals surface area contributed by atoms with E-state index in [1.54, 1.807) is 6.20 Å². The maximum absolute atomic E-state index is 11.2. The molecule has 0 aliphatic carbocycles. The topological polar surface area (TPSA) is 50.9 Å². The minimum absolute atomic E-state index is 0. The van der Waals surface area contributed by atoms with Crippen LogP contribution in [0.15, 0.2) is 109 Å². The van der Waals surface area contributed by atoms with Gasteiger partial charge >= 0.3 is 0 Å². The monoisotopic (exact) mass is 661 g/mol. The number of nitrogens with zero attached hydrogens (tertiary/aromatic N) is 3. The Labute approximate surface area is 230 Å². The summed E-state index contributed by atoms with van der Waals surface area (Å²) in [6, 6.07) is 37.7. The number of imidazole rings is 1. The fraction of sp³-hybridized carbons (Fsp3) is 0.0625. The molecule has 184 valence electrons. The molecule has 0 aliphatic heterocycles. The van der Waals surface area contributed by atoms with Crippen LogP contribution in [0.2, 0.25) is 0 Å². The number of rotatable bonds is 5. The summed E-state index contributed by atoms with van der Waals surface area (Å²) < 4.78 is 2.04. The maximum Gasteiger partial charge on any atom is 0.143 e. The van der Waals surface area contributed by atoms with E-state index in [0.29, 0.717) is 6.42 Å². The van der Waals surface area contributed by atoms with Crippen molar-refractivity contribution in [1.29, 1.82) is 0 Å². The van der Waals surface area contributed by atoms with Gasteiger partial charge in [-0.15, -0.1) is 29.8 Å². The van der Waals surface area contributed by atoms with E-state index in [1.807, 2.05) is 90.5 Å². The summed E-state index contributed by atoms with van der Waals surface area (Å²) in [5.41, 5.74) is 8.38. The van der Waals surface area contributed by atoms with E-state index in [1.165, 1.54) is 0 Å². The fourth-order valence-corrected chi connectivity index (χ4v) is 4.70. The predicted octanol–water partition coefficient (Wildman–Crippen LogP) is 7.06. The van der Waals surface area contributed by atoms with E-state index in [0.717, 1.165) is 55.9 Å². The minimum atomic E-state index is 0. The molecule has 4 nitrogen and oxygen atoms in total. The first-order valence-electron chi connectivity index (χ1n) is 11.9. The molecule has 0 bridgehead atoms. The van der Waals surface area contributed by atoms with Crippen LogP contribution in [-0.4, -0.2) is 19.6 Å². The Hall–Kier alpha value is -4.01. The summed E-state index contributed by atoms with van der Waals surface area (Å²) in [7, 11) is 1.99. The van der Waals surface area contributed by atoms with Crippen molar-refractivity contribution in [2.75, 3.05) is 0 Å². The fourth-order valence-electron chi connectivity index (χ4n) is 4.70. The van der Waals surface area contributed by atoms with Gasteiger partial charge in [-0.05, 0) is 29.3 Å². The molecule has 0 saturated heterocycles. The SMILES string of the molecule is Cn1c(-c2cccc(Cc3ccccc3)c2O)nc2c(-c3[c-]c(-c4ccccn4)ccc3)cccc21.[Pt]. The third-order valence-corrected chi connectivity index (χ3v) is 6.54. The number of aryl methyl sites for hydroxylation is 1. The molecule has 4 aromatic carbocycles. The zero-order valence-electron chi connectivity index (χ0n) is 20.2. The normalized spacial score (nSPS) is 10.8. The third-order valence-electron chi connectivity index (χ3n) is 6.54. The average Bonchev–Trinajstić information content (AvgIpc) is 3.27. The molecule has 0 unspecified atom stereocenters. The number of pyridine rings is 1. The number of hydrogen-bond acceptors (Lipinski definition) is 3. The molecule has 37 heavy (non-hydrogen) atoms. The Kier molecular flexibility index (Phi) is 7.03. The van der Waals surface area contributed by atoms with Crippen LogP contribution in [0.25, 0.3) is 44.8 Å². The van der Waals surface area contributed by atoms with Crippen LogP contribution in [0.1, 0.15) is 11.1 Å². The molecule has 2 heterocycles. The molecule has 1 N–H and O–H groups in total. The summed E-state index contributed by atoms with van der Waals surface area (Å²) in [5.74, 6) is 0.996. The number of phenolic OH excluding ortho intramolecular Hbond substituents is 1. The summed E-state index contributed by atoms with van der Waals surface area (Å²) in [6.07, 6.45) is 2.45. The van der Waals surface area contributed by atoms with Crippen LogP contribution < -0.4 is 0 Å². The Morgan fingerprint density at radius 2 is 1.49 bits per heavy atom. The van der Waals surface area contributed by atoms with Gasteiger partial charge in [0.15, 0.2) is 0 Å². The molecule has 5 heteroatoms. The quantitative estimate of drug-likeness (QED) is 0.201. The van der Waals surface area contributed by atoms with Crippen LogP contribution in [-0.2, 0) is 34.5 Å². The van der Waals surface area contributed by atoms with Crippen LogP contribution in [0.3, 0.4) is 0 Å². The Balaban J connectivity index is 0.00000280. The standard InChI is InChI=1S/C32H24N3O.Pt/c1-35-29-18-9-15-26(23-12-7-13-24(21-23)28-17-5-6-19-33-28)30(29)34-32(35)27-16-8-14-25(31(27)36)20-22-10-3-2-4-11-22;/h2-19,36H,20H2,1H3;/q-1;. The largest absolute Gasteiger partial charge is 0.507 e. The molecule has 0 spiro atoms. The van der Waals surface area contributed by atoms with Gasteiger partial charge in [0, 0.05) is 46.4 Å². The van der Waals surface area contributed by atoms with Crippen LogP contribution in [0.4, 0.5) is 0 Å². The summed E-state index contributed by atoms with van der Waals surface area (Å²) in [4.78, 5) is 9.51. The van der Waals surface area contributed by atoms with Crippen molar-refractivity contribution in [3.63, 3.8) is 0 Å². The molecule has 0 fully saturated rings. The van der Waals surface area contributed by atoms with E-state index < -0.39 is 0 Å². The zero-order chi connectivity index (χ0) is 24.5. The molecule has 6 aromatic rings. The van der Waals surface area contributed by atoms with Crippen LogP contribution in [0.5, 0.6) is 5.75 Å². The molecule has 0 radical (unpaired) electrons. The van der Waals surface area contributed by atoms with Crippen LogP contribution >= 0.6 is 0 Å². The number of hydrogen-bond donors (Lipinski definition) is 1. The second kappa shape index (κ2) is 10.5. The van der Waals surface area contributed by atoms with Gasteiger partial charge in [0.05, 0.1) is 16.6 Å². The molecule has 6 rings (SSSR count). The molecule has 2 aromatic heterocycles. The van der Waals surface area contributed by atoms with Gasteiger partial charge in [0.25, 0.3) is 0 Å². The van der Waals surface area contributed by atoms with Crippen molar-refractivity contribution in [2.45, 2.75) is 6.42 Å². The van der Waals surface area contributed by atoms with Crippen molar-refractivity contribution >= 4 is 11.0 Å². The molecular weight excluding hydrogens is 637 g/mol. The van der Waals surface area contributed by atoms with Crippen molar-refractivity contribution in [2.24, 2.45) is 7.05 Å². The number of para-hydroxylation sites is 2. The first-order chi connectivity index (χ1) is 17.7. The molecule has 0 atom stereocenters.